The Bertz CT molecular complexity index is 1510. The minimum atomic E-state index is -1.07. The highest BCUT2D eigenvalue weighted by Crippen LogP contribution is 2.39. The molecule has 0 aliphatic carbocycles. The van der Waals surface area contributed by atoms with Gasteiger partial charge >= 0.3 is 0 Å². The van der Waals surface area contributed by atoms with Crippen LogP contribution in [0.1, 0.15) is 12.5 Å². The zero-order chi connectivity index (χ0) is 30.1. The summed E-state index contributed by atoms with van der Waals surface area (Å²) in [5, 5.41) is 5.17. The molecule has 4 heterocycles. The molecule has 222 valence electrons. The number of pyridine rings is 2. The molecule has 13 heteroatoms. The van der Waals surface area contributed by atoms with Crippen LogP contribution in [0.5, 0.6) is 11.5 Å². The number of hydrogen-bond acceptors (Lipinski definition) is 9. The lowest BCUT2D eigenvalue weighted by molar-refractivity contribution is -0.130. The van der Waals surface area contributed by atoms with Crippen LogP contribution in [-0.2, 0) is 25.6 Å². The number of anilines is 1. The number of fused-ring (bicyclic) bond motifs is 1. The van der Waals surface area contributed by atoms with Crippen LogP contribution >= 0.6 is 11.3 Å². The summed E-state index contributed by atoms with van der Waals surface area (Å²) in [4.78, 5) is 33.0. The summed E-state index contributed by atoms with van der Waals surface area (Å²) in [5.74, 6) is -1.95. The quantitative estimate of drug-likeness (QED) is 0.241. The van der Waals surface area contributed by atoms with E-state index in [1.54, 1.807) is 30.5 Å². The lowest BCUT2D eigenvalue weighted by atomic mass is 10.2. The van der Waals surface area contributed by atoms with E-state index >= 15 is 0 Å². The van der Waals surface area contributed by atoms with E-state index in [-0.39, 0.29) is 23.4 Å². The third-order valence-corrected chi connectivity index (χ3v) is 7.48. The molecule has 5 rings (SSSR count). The summed E-state index contributed by atoms with van der Waals surface area (Å²) in [6.45, 7) is 4.28. The molecule has 42 heavy (non-hydrogen) atoms. The van der Waals surface area contributed by atoms with Crippen molar-refractivity contribution in [3.8, 4) is 22.1 Å². The van der Waals surface area contributed by atoms with E-state index in [0.29, 0.717) is 55.3 Å². The van der Waals surface area contributed by atoms with Gasteiger partial charge in [0.25, 0.3) is 0 Å². The number of thiophene rings is 1. The van der Waals surface area contributed by atoms with Gasteiger partial charge in [0.05, 0.1) is 52.3 Å². The molecule has 4 aromatic rings. The molecule has 2 N–H and O–H groups in total. The Morgan fingerprint density at radius 2 is 1.98 bits per heavy atom. The molecule has 1 fully saturated rings. The van der Waals surface area contributed by atoms with Crippen molar-refractivity contribution < 1.29 is 32.6 Å². The number of benzene rings is 1. The van der Waals surface area contributed by atoms with E-state index in [9.17, 15) is 18.4 Å². The average molecular weight is 600 g/mol. The van der Waals surface area contributed by atoms with E-state index in [0.717, 1.165) is 16.1 Å². The number of nitrogens with zero attached hydrogens (tertiary/aromatic N) is 3. The smallest absolute Gasteiger partial charge is 0.219 e. The number of hydrogen-bond donors (Lipinski definition) is 2. The maximum absolute atomic E-state index is 14.5. The number of ether oxygens (including phenoxy) is 3. The van der Waals surface area contributed by atoms with Gasteiger partial charge in [0.15, 0.2) is 11.6 Å². The first kappa shape index (κ1) is 30.8. The second-order valence-corrected chi connectivity index (χ2v) is 10.3. The molecule has 1 aromatic carbocycles. The van der Waals surface area contributed by atoms with Crippen LogP contribution in [0.4, 0.5) is 14.5 Å². The Morgan fingerprint density at radius 1 is 1.17 bits per heavy atom. The van der Waals surface area contributed by atoms with Gasteiger partial charge in [0.1, 0.15) is 5.75 Å². The maximum Gasteiger partial charge on any atom is 0.219 e. The first-order valence-corrected chi connectivity index (χ1v) is 13.9. The topological polar surface area (TPSA) is 115 Å². The van der Waals surface area contributed by atoms with Gasteiger partial charge in [-0.15, -0.1) is 11.3 Å². The van der Waals surface area contributed by atoms with Crippen molar-refractivity contribution in [2.24, 2.45) is 0 Å². The van der Waals surface area contributed by atoms with Gasteiger partial charge in [0.2, 0.25) is 18.1 Å². The van der Waals surface area contributed by atoms with Gasteiger partial charge in [-0.05, 0) is 29.8 Å². The van der Waals surface area contributed by atoms with Crippen molar-refractivity contribution in [3.63, 3.8) is 0 Å². The Balaban J connectivity index is 0.000000507. The molecule has 0 saturated carbocycles. The summed E-state index contributed by atoms with van der Waals surface area (Å²) in [6, 6.07) is 10.4. The van der Waals surface area contributed by atoms with Crippen molar-refractivity contribution in [3.05, 3.63) is 66.0 Å². The van der Waals surface area contributed by atoms with Gasteiger partial charge < -0.3 is 29.7 Å². The Hall–Kier alpha value is -4.20. The fraction of sp³-hybridized carbons (Fsp3) is 0.310. The van der Waals surface area contributed by atoms with E-state index in [1.807, 2.05) is 18.2 Å². The molecular weight excluding hydrogens is 568 g/mol. The van der Waals surface area contributed by atoms with E-state index in [2.05, 4.69) is 20.6 Å². The van der Waals surface area contributed by atoms with Crippen molar-refractivity contribution in [2.75, 3.05) is 45.8 Å². The summed E-state index contributed by atoms with van der Waals surface area (Å²) in [7, 11) is 3.11. The first-order valence-electron chi connectivity index (χ1n) is 13.0. The second-order valence-electron chi connectivity index (χ2n) is 9.23. The molecule has 2 amide bonds. The van der Waals surface area contributed by atoms with Crippen LogP contribution in [0.2, 0.25) is 0 Å². The lowest BCUT2D eigenvalue weighted by Crippen LogP contribution is -2.45. The minimum Gasteiger partial charge on any atom is -0.453 e. The first-order chi connectivity index (χ1) is 20.3. The molecule has 3 aromatic heterocycles. The highest BCUT2D eigenvalue weighted by Gasteiger charge is 2.18. The van der Waals surface area contributed by atoms with Gasteiger partial charge in [0, 0.05) is 52.6 Å². The largest absolute Gasteiger partial charge is 0.453 e. The van der Waals surface area contributed by atoms with Gasteiger partial charge in [-0.1, -0.05) is 6.07 Å². The van der Waals surface area contributed by atoms with Crippen molar-refractivity contribution in [1.82, 2.24) is 20.2 Å². The fourth-order valence-electron chi connectivity index (χ4n) is 3.91. The monoisotopic (exact) mass is 599 g/mol. The average Bonchev–Trinajstić information content (AvgIpc) is 3.41. The predicted molar refractivity (Wildman–Crippen MR) is 156 cm³/mol. The summed E-state index contributed by atoms with van der Waals surface area (Å²) in [6.07, 6.45) is 3.99. The number of methoxy groups -OCH3 is 1. The highest BCUT2D eigenvalue weighted by molar-refractivity contribution is 7.22. The summed E-state index contributed by atoms with van der Waals surface area (Å²) < 4.78 is 44.9. The van der Waals surface area contributed by atoms with Crippen molar-refractivity contribution in [2.45, 2.75) is 19.5 Å². The summed E-state index contributed by atoms with van der Waals surface area (Å²) in [5.41, 5.74) is 2.33. The van der Waals surface area contributed by atoms with E-state index < -0.39 is 11.6 Å². The zero-order valence-corrected chi connectivity index (χ0v) is 24.2. The Kier molecular flexibility index (Phi) is 10.7. The minimum absolute atomic E-state index is 0.0360. The van der Waals surface area contributed by atoms with E-state index in [1.165, 1.54) is 37.4 Å². The van der Waals surface area contributed by atoms with Crippen LogP contribution in [0, 0.1) is 11.6 Å². The molecule has 0 atom stereocenters. The Morgan fingerprint density at radius 3 is 2.57 bits per heavy atom. The van der Waals surface area contributed by atoms with Crippen LogP contribution in [0.25, 0.3) is 20.8 Å². The SMILES string of the molecule is CNc1ccc(Oc2ccnc3cc(-c4ccc(CN(CCOC)C(C)=O)cn4)sc23)c(F)c1F.O=CNC1COC1. The van der Waals surface area contributed by atoms with Gasteiger partial charge in [-0.2, -0.15) is 4.39 Å². The van der Waals surface area contributed by atoms with Crippen LogP contribution < -0.4 is 15.4 Å². The number of carbonyl (C=O) groups excluding carboxylic acids is 2. The fourth-order valence-corrected chi connectivity index (χ4v) is 4.95. The molecule has 1 aliphatic rings. The predicted octanol–water partition coefficient (Wildman–Crippen LogP) is 4.60. The van der Waals surface area contributed by atoms with Crippen LogP contribution in [-0.4, -0.2) is 73.7 Å². The van der Waals surface area contributed by atoms with E-state index in [4.69, 9.17) is 14.2 Å². The highest BCUT2D eigenvalue weighted by atomic mass is 32.1. The van der Waals surface area contributed by atoms with Crippen LogP contribution in [0.3, 0.4) is 0 Å². The van der Waals surface area contributed by atoms with Crippen LogP contribution in [0.15, 0.2) is 48.8 Å². The molecule has 10 nitrogen and oxygen atoms in total. The number of carbonyl (C=O) groups is 2. The molecule has 1 saturated heterocycles. The standard InChI is InChI=1S/C25H24F2N4O3S.C4H7NO2/c1-15(32)31(10-11-33-3)14-16-4-5-17(30-13-16)22-12-19-25(35-22)21(8-9-29-19)34-20-7-6-18(28-2)23(26)24(20)27;6-3-5-4-1-7-2-4/h4-9,12-13,28H,10-11,14H2,1-3H3;3-4H,1-2H2,(H,5,6). The molecule has 1 aliphatic heterocycles. The molecule has 0 bridgehead atoms. The van der Waals surface area contributed by atoms with Crippen molar-refractivity contribution in [1.29, 1.82) is 0 Å². The van der Waals surface area contributed by atoms with Crippen molar-refractivity contribution >= 4 is 39.6 Å². The lowest BCUT2D eigenvalue weighted by Gasteiger charge is -2.24. The third-order valence-electron chi connectivity index (χ3n) is 6.32. The molecule has 0 unspecified atom stereocenters. The maximum atomic E-state index is 14.5. The molecule has 0 spiro atoms. The normalized spacial score (nSPS) is 12.6. The number of nitrogens with one attached hydrogen (secondary N) is 2. The van der Waals surface area contributed by atoms with Gasteiger partial charge in [-0.3, -0.25) is 19.6 Å². The van der Waals surface area contributed by atoms with Gasteiger partial charge in [-0.25, -0.2) is 4.39 Å². The molecular formula is C29H31F2N5O5S. The second kappa shape index (κ2) is 14.6. The number of aromatic nitrogens is 2. The molecule has 0 radical (unpaired) electrons. The third kappa shape index (κ3) is 7.55. The summed E-state index contributed by atoms with van der Waals surface area (Å²) >= 11 is 1.39. The number of amides is 2. The number of rotatable bonds is 11. The Labute approximate surface area is 245 Å². The number of halogens is 2. The zero-order valence-electron chi connectivity index (χ0n) is 23.4.